The van der Waals surface area contributed by atoms with Crippen molar-refractivity contribution < 1.29 is 33.6 Å². The van der Waals surface area contributed by atoms with Gasteiger partial charge in [-0.3, -0.25) is 4.90 Å². The first-order chi connectivity index (χ1) is 13.5. The van der Waals surface area contributed by atoms with Crippen LogP contribution < -0.4 is 14.2 Å². The van der Waals surface area contributed by atoms with Crippen molar-refractivity contribution in [3.05, 3.63) is 28.7 Å². The van der Waals surface area contributed by atoms with Gasteiger partial charge in [0, 0.05) is 24.9 Å². The Morgan fingerprint density at radius 3 is 2.75 bits per heavy atom. The van der Waals surface area contributed by atoms with Gasteiger partial charge in [0.1, 0.15) is 5.57 Å². The molecular formula is C20H23NO7. The number of aliphatic hydroxyl groups is 1. The second-order valence-electron chi connectivity index (χ2n) is 7.68. The summed E-state index contributed by atoms with van der Waals surface area (Å²) in [4.78, 5) is 15.0. The molecule has 0 aromatic heterocycles. The highest BCUT2D eigenvalue weighted by Gasteiger charge is 2.50. The Hall–Kier alpha value is -2.61. The van der Waals surface area contributed by atoms with Gasteiger partial charge in [-0.25, -0.2) is 4.79 Å². The zero-order chi connectivity index (χ0) is 19.5. The molecule has 0 radical (unpaired) electrons. The zero-order valence-electron chi connectivity index (χ0n) is 15.9. The molecule has 0 saturated heterocycles. The average molecular weight is 389 g/mol. The molecule has 1 atom stereocenters. The summed E-state index contributed by atoms with van der Waals surface area (Å²) in [5.41, 5.74) is 1.85. The van der Waals surface area contributed by atoms with Gasteiger partial charge in [0.2, 0.25) is 12.5 Å². The van der Waals surface area contributed by atoms with Crippen LogP contribution in [0.1, 0.15) is 42.9 Å². The fraction of sp³-hybridized carbons (Fsp3) is 0.550. The molecule has 1 spiro atoms. The second kappa shape index (κ2) is 6.20. The van der Waals surface area contributed by atoms with Crippen LogP contribution in [-0.4, -0.2) is 49.3 Å². The van der Waals surface area contributed by atoms with Crippen molar-refractivity contribution in [2.75, 3.05) is 27.5 Å². The third-order valence-corrected chi connectivity index (χ3v) is 6.05. The van der Waals surface area contributed by atoms with Gasteiger partial charge in [-0.1, -0.05) is 0 Å². The van der Waals surface area contributed by atoms with Crippen molar-refractivity contribution in [1.82, 2.24) is 4.90 Å². The molecule has 150 valence electrons. The van der Waals surface area contributed by atoms with Gasteiger partial charge in [-0.05, 0) is 37.9 Å². The number of hydrogen-bond acceptors (Lipinski definition) is 8. The van der Waals surface area contributed by atoms with E-state index in [-0.39, 0.29) is 18.3 Å². The summed E-state index contributed by atoms with van der Waals surface area (Å²) in [6.07, 6.45) is 3.74. The van der Waals surface area contributed by atoms with Gasteiger partial charge in [-0.15, -0.1) is 0 Å². The molecule has 1 N–H and O–H groups in total. The highest BCUT2D eigenvalue weighted by atomic mass is 16.8. The van der Waals surface area contributed by atoms with E-state index in [1.54, 1.807) is 7.11 Å². The highest BCUT2D eigenvalue weighted by Crippen LogP contribution is 2.52. The Bertz CT molecular complexity index is 872. The number of benzene rings is 1. The summed E-state index contributed by atoms with van der Waals surface area (Å²) in [5, 5.41) is 10.8. The number of aliphatic hydroxyl groups excluding tert-OH is 1. The van der Waals surface area contributed by atoms with E-state index in [4.69, 9.17) is 23.7 Å². The summed E-state index contributed by atoms with van der Waals surface area (Å²) >= 11 is 0. The molecule has 3 aliphatic heterocycles. The fourth-order valence-corrected chi connectivity index (χ4v) is 4.71. The van der Waals surface area contributed by atoms with Gasteiger partial charge in [0.15, 0.2) is 11.5 Å². The normalized spacial score (nSPS) is 25.5. The molecule has 1 saturated carbocycles. The molecular weight excluding hydrogens is 366 g/mol. The minimum atomic E-state index is -1.03. The third kappa shape index (κ3) is 2.44. The molecule has 28 heavy (non-hydrogen) atoms. The van der Waals surface area contributed by atoms with Gasteiger partial charge < -0.3 is 28.8 Å². The van der Waals surface area contributed by atoms with E-state index < -0.39 is 17.8 Å². The molecule has 8 heteroatoms. The second-order valence-corrected chi connectivity index (χ2v) is 7.68. The summed E-state index contributed by atoms with van der Waals surface area (Å²) in [6, 6.07) is 1.35. The Balaban J connectivity index is 1.64. The van der Waals surface area contributed by atoms with Crippen LogP contribution in [0.3, 0.4) is 0 Å². The number of esters is 1. The van der Waals surface area contributed by atoms with Gasteiger partial charge in [0.25, 0.3) is 11.7 Å². The fourth-order valence-electron chi connectivity index (χ4n) is 4.71. The van der Waals surface area contributed by atoms with Crippen molar-refractivity contribution in [3.8, 4) is 17.2 Å². The first-order valence-electron chi connectivity index (χ1n) is 9.58. The predicted molar refractivity (Wildman–Crippen MR) is 96.2 cm³/mol. The first kappa shape index (κ1) is 17.5. The number of methoxy groups -OCH3 is 1. The molecule has 8 nitrogen and oxygen atoms in total. The highest BCUT2D eigenvalue weighted by molar-refractivity contribution is 5.92. The third-order valence-electron chi connectivity index (χ3n) is 6.05. The Morgan fingerprint density at radius 2 is 2.04 bits per heavy atom. The summed E-state index contributed by atoms with van der Waals surface area (Å²) in [7, 11) is 3.45. The van der Waals surface area contributed by atoms with Crippen LogP contribution in [0, 0.1) is 0 Å². The van der Waals surface area contributed by atoms with Gasteiger partial charge in [-0.2, -0.15) is 0 Å². The van der Waals surface area contributed by atoms with E-state index in [1.807, 2.05) is 18.0 Å². The maximum Gasteiger partial charge on any atom is 0.346 e. The molecule has 1 aliphatic carbocycles. The molecule has 4 aliphatic rings. The molecule has 1 aromatic rings. The number of carbonyl (C=O) groups is 1. The lowest BCUT2D eigenvalue weighted by Crippen LogP contribution is -2.44. The molecule has 0 amide bonds. The zero-order valence-corrected chi connectivity index (χ0v) is 15.9. The van der Waals surface area contributed by atoms with Crippen molar-refractivity contribution >= 4 is 5.97 Å². The van der Waals surface area contributed by atoms with Crippen LogP contribution in [-0.2, 0) is 20.7 Å². The van der Waals surface area contributed by atoms with E-state index in [9.17, 15) is 9.90 Å². The van der Waals surface area contributed by atoms with E-state index in [1.165, 1.54) is 0 Å². The number of carbonyl (C=O) groups excluding carboxylic acids is 1. The minimum Gasteiger partial charge on any atom is -0.492 e. The minimum absolute atomic E-state index is 0.0955. The van der Waals surface area contributed by atoms with Crippen molar-refractivity contribution in [2.45, 2.75) is 43.9 Å². The van der Waals surface area contributed by atoms with Crippen LogP contribution in [0.4, 0.5) is 0 Å². The SMILES string of the molecule is COc1c2c(cc3c1[C@@H](C1=C(O)OC4(CCCC4)OC1=O)N(C)CC3)OCO2. The molecule has 3 heterocycles. The number of likely N-dealkylation sites (N-methyl/N-ethyl adjacent to an activating group) is 1. The Morgan fingerprint density at radius 1 is 1.25 bits per heavy atom. The van der Waals surface area contributed by atoms with Crippen LogP contribution in [0.25, 0.3) is 0 Å². The lowest BCUT2D eigenvalue weighted by Gasteiger charge is -2.40. The summed E-state index contributed by atoms with van der Waals surface area (Å²) < 4.78 is 28.2. The molecule has 0 bridgehead atoms. The summed E-state index contributed by atoms with van der Waals surface area (Å²) in [6.45, 7) is 0.812. The van der Waals surface area contributed by atoms with Crippen molar-refractivity contribution in [1.29, 1.82) is 0 Å². The first-order valence-corrected chi connectivity index (χ1v) is 9.58. The van der Waals surface area contributed by atoms with Crippen LogP contribution in [0.15, 0.2) is 17.6 Å². The predicted octanol–water partition coefficient (Wildman–Crippen LogP) is 2.57. The largest absolute Gasteiger partial charge is 0.492 e. The van der Waals surface area contributed by atoms with Crippen LogP contribution in [0.2, 0.25) is 0 Å². The Labute approximate surface area is 162 Å². The smallest absolute Gasteiger partial charge is 0.346 e. The monoisotopic (exact) mass is 389 g/mol. The lowest BCUT2D eigenvalue weighted by atomic mass is 9.86. The van der Waals surface area contributed by atoms with E-state index >= 15 is 0 Å². The number of ether oxygens (including phenoxy) is 5. The average Bonchev–Trinajstić information content (AvgIpc) is 3.30. The van der Waals surface area contributed by atoms with E-state index in [0.717, 1.165) is 30.4 Å². The molecule has 5 rings (SSSR count). The quantitative estimate of drug-likeness (QED) is 0.773. The Kier molecular flexibility index (Phi) is 3.87. The van der Waals surface area contributed by atoms with Gasteiger partial charge in [0.05, 0.1) is 13.2 Å². The molecule has 1 fully saturated rings. The topological polar surface area (TPSA) is 86.7 Å². The van der Waals surface area contributed by atoms with E-state index in [0.29, 0.717) is 36.6 Å². The number of hydrogen-bond donors (Lipinski definition) is 1. The number of rotatable bonds is 2. The van der Waals surface area contributed by atoms with Crippen molar-refractivity contribution in [2.24, 2.45) is 0 Å². The van der Waals surface area contributed by atoms with Crippen LogP contribution >= 0.6 is 0 Å². The van der Waals surface area contributed by atoms with Crippen LogP contribution in [0.5, 0.6) is 17.2 Å². The lowest BCUT2D eigenvalue weighted by molar-refractivity contribution is -0.236. The maximum atomic E-state index is 13.0. The number of nitrogens with zero attached hydrogens (tertiary/aromatic N) is 1. The maximum absolute atomic E-state index is 13.0. The summed E-state index contributed by atoms with van der Waals surface area (Å²) in [5.74, 6) is -0.281. The molecule has 0 unspecified atom stereocenters. The van der Waals surface area contributed by atoms with Gasteiger partial charge >= 0.3 is 5.97 Å². The standard InChI is InChI=1S/C20H23NO7/c1-21-8-5-11-9-12-16(26-10-25-12)17(24-2)13(11)15(21)14-18(22)27-20(28-19(14)23)6-3-4-7-20/h9,15,22H,3-8,10H2,1-2H3/t15-/m0/s1. The molecule has 1 aromatic carbocycles. The van der Waals surface area contributed by atoms with Crippen molar-refractivity contribution in [3.63, 3.8) is 0 Å². The van der Waals surface area contributed by atoms with E-state index in [2.05, 4.69) is 0 Å². The number of fused-ring (bicyclic) bond motifs is 2.